The smallest absolute Gasteiger partial charge is 0.167 e. The molecule has 0 aliphatic rings. The van der Waals surface area contributed by atoms with Crippen LogP contribution in [0.4, 0.5) is 0 Å². The number of rotatable bonds is 6. The van der Waals surface area contributed by atoms with Crippen LogP contribution in [0.2, 0.25) is 0 Å². The minimum absolute atomic E-state index is 0.512. The van der Waals surface area contributed by atoms with Crippen LogP contribution < -0.4 is 0 Å². The Morgan fingerprint density at radius 2 is 0.810 bits per heavy atom. The summed E-state index contributed by atoms with van der Waals surface area (Å²) in [5.41, 5.74) is 13.4. The molecule has 0 N–H and O–H groups in total. The number of para-hydroxylation sites is 5. The van der Waals surface area contributed by atoms with Gasteiger partial charge in [-0.05, 0) is 89.0 Å². The predicted octanol–water partition coefficient (Wildman–Crippen LogP) is 15.1. The molecule has 0 radical (unpaired) electrons. The van der Waals surface area contributed by atoms with Crippen molar-refractivity contribution < 1.29 is 8.83 Å². The highest BCUT2D eigenvalue weighted by molar-refractivity contribution is 6.13. The van der Waals surface area contributed by atoms with Gasteiger partial charge in [0.15, 0.2) is 17.5 Å². The third kappa shape index (κ3) is 5.69. The first kappa shape index (κ1) is 35.2. The lowest BCUT2D eigenvalue weighted by Gasteiger charge is -2.10. The maximum atomic E-state index is 6.77. The largest absolute Gasteiger partial charge is 0.455 e. The van der Waals surface area contributed by atoms with E-state index in [0.29, 0.717) is 23.1 Å². The number of benzene rings is 9. The molecular weight excluding hydrogens is 773 g/mol. The van der Waals surface area contributed by atoms with Crippen molar-refractivity contribution in [3.63, 3.8) is 0 Å². The van der Waals surface area contributed by atoms with Gasteiger partial charge in [-0.3, -0.25) is 0 Å². The molecule has 13 rings (SSSR count). The van der Waals surface area contributed by atoms with Gasteiger partial charge in [-0.15, -0.1) is 0 Å². The summed E-state index contributed by atoms with van der Waals surface area (Å²) in [6.45, 7) is 0. The van der Waals surface area contributed by atoms with E-state index in [4.69, 9.17) is 23.8 Å². The molecule has 0 aliphatic carbocycles. The third-order valence-electron chi connectivity index (χ3n) is 12.3. The molecular formula is C57H34N4O2. The molecule has 13 aromatic rings. The first-order valence-corrected chi connectivity index (χ1v) is 21.1. The second-order valence-electron chi connectivity index (χ2n) is 15.9. The number of hydrogen-bond acceptors (Lipinski definition) is 5. The molecule has 6 heteroatoms. The molecule has 0 fully saturated rings. The van der Waals surface area contributed by atoms with Gasteiger partial charge in [-0.25, -0.2) is 15.0 Å². The van der Waals surface area contributed by atoms with E-state index in [2.05, 4.69) is 168 Å². The van der Waals surface area contributed by atoms with E-state index in [1.165, 1.54) is 21.8 Å². The Bertz CT molecular complexity index is 3920. The van der Waals surface area contributed by atoms with Gasteiger partial charge in [0.2, 0.25) is 0 Å². The summed E-state index contributed by atoms with van der Waals surface area (Å²) >= 11 is 0. The molecule has 0 amide bonds. The Morgan fingerprint density at radius 3 is 1.57 bits per heavy atom. The van der Waals surface area contributed by atoms with Crippen molar-refractivity contribution in [2.24, 2.45) is 0 Å². The SMILES string of the molecule is c1ccc(-c2cccc(-c3nc(-c4cccc5c4oc4ccccc45)nc(-c4cccc5c4oc4ccc(-c6ccc7c(c6)c6ccccc6n7-c6ccccc6)cc45)n3)c2)cc1. The van der Waals surface area contributed by atoms with Gasteiger partial charge in [0.05, 0.1) is 22.2 Å². The fraction of sp³-hybridized carbons (Fsp3) is 0. The standard InChI is InChI=1S/C57H34N4O2/c1-3-14-35(15-4-1)36-16-11-17-39(32-36)55-58-56(45-24-12-22-43-42-21-8-10-27-51(42)62-53(43)45)60-57(59-55)46-25-13-23-44-48-34-38(29-31-52(48)63-54(44)46)37-28-30-50-47(33-37)41-20-7-9-26-49(41)61(50)40-18-5-2-6-19-40/h1-34H. The maximum absolute atomic E-state index is 6.77. The lowest BCUT2D eigenvalue weighted by molar-refractivity contribution is 0.669. The van der Waals surface area contributed by atoms with E-state index in [1.54, 1.807) is 0 Å². The Balaban J connectivity index is 0.976. The van der Waals surface area contributed by atoms with Crippen LogP contribution in [0.1, 0.15) is 0 Å². The number of nitrogens with zero attached hydrogens (tertiary/aromatic N) is 4. The van der Waals surface area contributed by atoms with E-state index in [0.717, 1.165) is 82.9 Å². The van der Waals surface area contributed by atoms with Crippen LogP contribution in [0.3, 0.4) is 0 Å². The number of hydrogen-bond donors (Lipinski definition) is 0. The zero-order valence-corrected chi connectivity index (χ0v) is 33.7. The van der Waals surface area contributed by atoms with Crippen molar-refractivity contribution in [3.8, 4) is 62.1 Å². The molecule has 0 saturated heterocycles. The summed E-state index contributed by atoms with van der Waals surface area (Å²) in [6, 6.07) is 71.6. The molecule has 6 nitrogen and oxygen atoms in total. The van der Waals surface area contributed by atoms with E-state index >= 15 is 0 Å². The fourth-order valence-corrected chi connectivity index (χ4v) is 9.30. The zero-order valence-electron chi connectivity index (χ0n) is 33.7. The van der Waals surface area contributed by atoms with E-state index in [-0.39, 0.29) is 0 Å². The summed E-state index contributed by atoms with van der Waals surface area (Å²) in [5.74, 6) is 1.59. The van der Waals surface area contributed by atoms with Gasteiger partial charge < -0.3 is 13.4 Å². The number of fused-ring (bicyclic) bond motifs is 9. The zero-order chi connectivity index (χ0) is 41.4. The molecule has 0 bridgehead atoms. The van der Waals surface area contributed by atoms with Crippen LogP contribution >= 0.6 is 0 Å². The van der Waals surface area contributed by atoms with Crippen LogP contribution in [0, 0.1) is 0 Å². The second-order valence-corrected chi connectivity index (χ2v) is 15.9. The Morgan fingerprint density at radius 1 is 0.302 bits per heavy atom. The molecule has 4 heterocycles. The van der Waals surface area contributed by atoms with E-state index in [9.17, 15) is 0 Å². The third-order valence-corrected chi connectivity index (χ3v) is 12.3. The first-order chi connectivity index (χ1) is 31.2. The van der Waals surface area contributed by atoms with Gasteiger partial charge in [-0.2, -0.15) is 0 Å². The van der Waals surface area contributed by atoms with E-state index in [1.807, 2.05) is 42.5 Å². The molecule has 9 aromatic carbocycles. The normalized spacial score (nSPS) is 11.8. The maximum Gasteiger partial charge on any atom is 0.167 e. The minimum atomic E-state index is 0.512. The number of aromatic nitrogens is 4. The van der Waals surface area contributed by atoms with Gasteiger partial charge in [-0.1, -0.05) is 140 Å². The molecule has 0 unspecified atom stereocenters. The van der Waals surface area contributed by atoms with Crippen molar-refractivity contribution in [1.82, 2.24) is 19.5 Å². The minimum Gasteiger partial charge on any atom is -0.455 e. The van der Waals surface area contributed by atoms with Gasteiger partial charge in [0.1, 0.15) is 22.3 Å². The van der Waals surface area contributed by atoms with Gasteiger partial charge in [0, 0.05) is 43.6 Å². The highest BCUT2D eigenvalue weighted by atomic mass is 16.3. The van der Waals surface area contributed by atoms with Crippen molar-refractivity contribution in [3.05, 3.63) is 206 Å². The van der Waals surface area contributed by atoms with Gasteiger partial charge >= 0.3 is 0 Å². The Hall–Kier alpha value is -8.61. The van der Waals surface area contributed by atoms with Crippen molar-refractivity contribution >= 4 is 65.7 Å². The average molecular weight is 807 g/mol. The van der Waals surface area contributed by atoms with Crippen LogP contribution in [-0.2, 0) is 0 Å². The molecule has 63 heavy (non-hydrogen) atoms. The summed E-state index contributed by atoms with van der Waals surface area (Å²) in [6.07, 6.45) is 0. The van der Waals surface area contributed by atoms with Crippen molar-refractivity contribution in [2.75, 3.05) is 0 Å². The van der Waals surface area contributed by atoms with Crippen LogP contribution in [0.5, 0.6) is 0 Å². The Kier molecular flexibility index (Phi) is 7.80. The summed E-state index contributed by atoms with van der Waals surface area (Å²) in [5, 5.41) is 6.49. The summed E-state index contributed by atoms with van der Waals surface area (Å²) < 4.78 is 15.6. The molecule has 0 aliphatic heterocycles. The van der Waals surface area contributed by atoms with Crippen LogP contribution in [0.15, 0.2) is 215 Å². The van der Waals surface area contributed by atoms with Crippen molar-refractivity contribution in [1.29, 1.82) is 0 Å². The molecule has 0 atom stereocenters. The summed E-state index contributed by atoms with van der Waals surface area (Å²) in [7, 11) is 0. The molecule has 0 saturated carbocycles. The predicted molar refractivity (Wildman–Crippen MR) is 256 cm³/mol. The number of furan rings is 2. The second kappa shape index (κ2) is 14.0. The quantitative estimate of drug-likeness (QED) is 0.167. The van der Waals surface area contributed by atoms with Gasteiger partial charge in [0.25, 0.3) is 0 Å². The molecule has 0 spiro atoms. The van der Waals surface area contributed by atoms with Crippen molar-refractivity contribution in [2.45, 2.75) is 0 Å². The lowest BCUT2D eigenvalue weighted by atomic mass is 10.00. The highest BCUT2D eigenvalue weighted by Crippen LogP contribution is 2.41. The summed E-state index contributed by atoms with van der Waals surface area (Å²) in [4.78, 5) is 15.6. The highest BCUT2D eigenvalue weighted by Gasteiger charge is 2.21. The van der Waals surface area contributed by atoms with Crippen LogP contribution in [-0.4, -0.2) is 19.5 Å². The molecule has 4 aromatic heterocycles. The van der Waals surface area contributed by atoms with Crippen LogP contribution in [0.25, 0.3) is 128 Å². The monoisotopic (exact) mass is 806 g/mol. The topological polar surface area (TPSA) is 69.9 Å². The molecule has 294 valence electrons. The Labute approximate surface area is 361 Å². The average Bonchev–Trinajstić information content (AvgIpc) is 4.04. The first-order valence-electron chi connectivity index (χ1n) is 21.1. The lowest BCUT2D eigenvalue weighted by Crippen LogP contribution is -2.00. The van der Waals surface area contributed by atoms with E-state index < -0.39 is 0 Å². The fourth-order valence-electron chi connectivity index (χ4n) is 9.30.